The van der Waals surface area contributed by atoms with E-state index in [-0.39, 0.29) is 5.41 Å². The monoisotopic (exact) mass is 692 g/mol. The Balaban J connectivity index is 1.16. The number of nitrogens with zero attached hydrogens (tertiary/aromatic N) is 1. The topological polar surface area (TPSA) is 32.2 Å². The van der Waals surface area contributed by atoms with Crippen LogP contribution in [0.15, 0.2) is 180 Å². The second kappa shape index (κ2) is 11.6. The minimum atomic E-state index is -0.125. The zero-order valence-electron chi connectivity index (χ0n) is 30.1. The van der Waals surface area contributed by atoms with E-state index in [1.54, 1.807) is 0 Å². The minimum Gasteiger partial charge on any atom is -0.456 e. The average Bonchev–Trinajstić information content (AvgIpc) is 3.86. The van der Waals surface area contributed by atoms with Gasteiger partial charge < -0.3 is 14.3 Å². The van der Waals surface area contributed by atoms with Gasteiger partial charge in [0.2, 0.25) is 0 Å². The van der Waals surface area contributed by atoms with Crippen molar-refractivity contribution in [3.05, 3.63) is 187 Å². The number of hydrogen-bond acceptors (Lipinski definition) is 2. The van der Waals surface area contributed by atoms with Gasteiger partial charge in [0.05, 0.1) is 5.52 Å². The number of para-hydroxylation sites is 2. The van der Waals surface area contributed by atoms with Gasteiger partial charge >= 0.3 is 0 Å². The lowest BCUT2D eigenvalue weighted by atomic mass is 9.82. The molecule has 1 aliphatic rings. The lowest BCUT2D eigenvalue weighted by molar-refractivity contribution is 0.660. The number of furan rings is 1. The SMILES string of the molecule is CC1(C)c2ccccc2-c2ccc(N(c3ccc(-c4ccccc4)cc3)c3cc(-c4ccc5oc6ccccc6c5c4)c4[nH]c5ccccc5c4c3)cc21. The summed E-state index contributed by atoms with van der Waals surface area (Å²) < 4.78 is 6.26. The second-order valence-corrected chi connectivity index (χ2v) is 15.0. The summed E-state index contributed by atoms with van der Waals surface area (Å²) in [5, 5.41) is 4.64. The van der Waals surface area contributed by atoms with E-state index in [1.165, 1.54) is 44.2 Å². The van der Waals surface area contributed by atoms with Crippen LogP contribution in [-0.2, 0) is 5.41 Å². The van der Waals surface area contributed by atoms with Crippen LogP contribution in [0.2, 0.25) is 0 Å². The van der Waals surface area contributed by atoms with Gasteiger partial charge in [-0.05, 0) is 99.6 Å². The van der Waals surface area contributed by atoms with Crippen molar-refractivity contribution in [2.45, 2.75) is 19.3 Å². The molecule has 2 heterocycles. The lowest BCUT2D eigenvalue weighted by Crippen LogP contribution is -2.16. The average molecular weight is 693 g/mol. The molecule has 8 aromatic carbocycles. The molecule has 0 saturated carbocycles. The highest BCUT2D eigenvalue weighted by atomic mass is 16.3. The van der Waals surface area contributed by atoms with Crippen molar-refractivity contribution in [3.8, 4) is 33.4 Å². The van der Waals surface area contributed by atoms with Crippen LogP contribution < -0.4 is 4.90 Å². The molecule has 3 heteroatoms. The summed E-state index contributed by atoms with van der Waals surface area (Å²) in [6.45, 7) is 4.71. The Hall–Kier alpha value is -6.84. The van der Waals surface area contributed by atoms with Crippen LogP contribution in [0.3, 0.4) is 0 Å². The molecular formula is C51H36N2O. The highest BCUT2D eigenvalue weighted by Crippen LogP contribution is 2.51. The molecular weight excluding hydrogens is 657 g/mol. The standard InChI is InChI=1S/C51H36N2O/c1-51(2)45-17-9-6-14-38(45)39-26-25-36(31-46(39)51)53(35-23-20-33(21-24-35)32-12-4-3-5-13-32)37-29-42(50-44(30-37)40-15-7-10-18-47(40)52-50)34-22-27-49-43(28-34)41-16-8-11-19-48(41)54-49/h3-31,52H,1-2H3. The predicted molar refractivity (Wildman–Crippen MR) is 226 cm³/mol. The number of benzene rings is 8. The molecule has 1 N–H and O–H groups in total. The summed E-state index contributed by atoms with van der Waals surface area (Å²) in [6, 6.07) is 63.8. The third-order valence-electron chi connectivity index (χ3n) is 11.6. The van der Waals surface area contributed by atoms with Crippen molar-refractivity contribution in [3.63, 3.8) is 0 Å². The molecule has 10 aromatic rings. The van der Waals surface area contributed by atoms with E-state index in [0.29, 0.717) is 0 Å². The van der Waals surface area contributed by atoms with Gasteiger partial charge in [0.1, 0.15) is 11.2 Å². The number of aromatic amines is 1. The van der Waals surface area contributed by atoms with E-state index in [4.69, 9.17) is 4.42 Å². The largest absolute Gasteiger partial charge is 0.456 e. The van der Waals surface area contributed by atoms with Crippen molar-refractivity contribution >= 4 is 60.8 Å². The fraction of sp³-hybridized carbons (Fsp3) is 0.0588. The van der Waals surface area contributed by atoms with Gasteiger partial charge in [0, 0.05) is 55.1 Å². The second-order valence-electron chi connectivity index (χ2n) is 15.0. The third-order valence-corrected chi connectivity index (χ3v) is 11.6. The molecule has 0 bridgehead atoms. The first-order valence-electron chi connectivity index (χ1n) is 18.7. The van der Waals surface area contributed by atoms with Gasteiger partial charge in [-0.1, -0.05) is 129 Å². The zero-order chi connectivity index (χ0) is 36.0. The van der Waals surface area contributed by atoms with Gasteiger partial charge in [-0.25, -0.2) is 0 Å². The first kappa shape index (κ1) is 30.8. The van der Waals surface area contributed by atoms with Gasteiger partial charge in [0.15, 0.2) is 0 Å². The summed E-state index contributed by atoms with van der Waals surface area (Å²) in [4.78, 5) is 6.24. The van der Waals surface area contributed by atoms with Crippen molar-refractivity contribution < 1.29 is 4.42 Å². The van der Waals surface area contributed by atoms with Crippen LogP contribution in [0.25, 0.3) is 77.1 Å². The molecule has 0 unspecified atom stereocenters. The number of nitrogens with one attached hydrogen (secondary N) is 1. The van der Waals surface area contributed by atoms with E-state index in [9.17, 15) is 0 Å². The molecule has 0 aliphatic heterocycles. The van der Waals surface area contributed by atoms with E-state index in [2.05, 4.69) is 188 Å². The molecule has 0 fully saturated rings. The minimum absolute atomic E-state index is 0.125. The lowest BCUT2D eigenvalue weighted by Gasteiger charge is -2.29. The van der Waals surface area contributed by atoms with Crippen LogP contribution in [0.1, 0.15) is 25.0 Å². The van der Waals surface area contributed by atoms with Crippen LogP contribution in [-0.4, -0.2) is 4.98 Å². The predicted octanol–water partition coefficient (Wildman–Crippen LogP) is 14.3. The third kappa shape index (κ3) is 4.61. The first-order valence-corrected chi connectivity index (χ1v) is 18.7. The number of rotatable bonds is 5. The Labute approximate surface area is 313 Å². The van der Waals surface area contributed by atoms with Crippen LogP contribution in [0.4, 0.5) is 17.1 Å². The number of aromatic nitrogens is 1. The Morgan fingerprint density at radius 1 is 0.426 bits per heavy atom. The highest BCUT2D eigenvalue weighted by molar-refractivity contribution is 6.15. The van der Waals surface area contributed by atoms with Crippen molar-refractivity contribution in [2.75, 3.05) is 4.90 Å². The number of fused-ring (bicyclic) bond motifs is 9. The molecule has 0 atom stereocenters. The molecule has 11 rings (SSSR count). The molecule has 256 valence electrons. The van der Waals surface area contributed by atoms with Gasteiger partial charge in [-0.3, -0.25) is 0 Å². The maximum absolute atomic E-state index is 6.26. The maximum atomic E-state index is 6.26. The quantitative estimate of drug-likeness (QED) is 0.195. The summed E-state index contributed by atoms with van der Waals surface area (Å²) in [7, 11) is 0. The van der Waals surface area contributed by atoms with E-state index < -0.39 is 0 Å². The smallest absolute Gasteiger partial charge is 0.135 e. The first-order chi connectivity index (χ1) is 26.5. The van der Waals surface area contributed by atoms with Crippen molar-refractivity contribution in [2.24, 2.45) is 0 Å². The summed E-state index contributed by atoms with van der Waals surface area (Å²) in [5.41, 5.74) is 17.3. The van der Waals surface area contributed by atoms with Crippen LogP contribution in [0.5, 0.6) is 0 Å². The number of H-pyrrole nitrogens is 1. The summed E-state index contributed by atoms with van der Waals surface area (Å²) in [5.74, 6) is 0. The van der Waals surface area contributed by atoms with Crippen LogP contribution >= 0.6 is 0 Å². The highest BCUT2D eigenvalue weighted by Gasteiger charge is 2.35. The Morgan fingerprint density at radius 2 is 1.09 bits per heavy atom. The van der Waals surface area contributed by atoms with E-state index in [0.717, 1.165) is 61.2 Å². The maximum Gasteiger partial charge on any atom is 0.135 e. The molecule has 54 heavy (non-hydrogen) atoms. The molecule has 2 aromatic heterocycles. The number of hydrogen-bond donors (Lipinski definition) is 1. The molecule has 3 nitrogen and oxygen atoms in total. The van der Waals surface area contributed by atoms with E-state index in [1.807, 2.05) is 12.1 Å². The summed E-state index contributed by atoms with van der Waals surface area (Å²) >= 11 is 0. The zero-order valence-corrected chi connectivity index (χ0v) is 30.1. The Bertz CT molecular complexity index is 3070. The molecule has 0 saturated heterocycles. The van der Waals surface area contributed by atoms with Crippen LogP contribution in [0, 0.1) is 0 Å². The fourth-order valence-corrected chi connectivity index (χ4v) is 8.90. The molecule has 0 radical (unpaired) electrons. The fourth-order valence-electron chi connectivity index (χ4n) is 8.90. The van der Waals surface area contributed by atoms with Crippen molar-refractivity contribution in [1.29, 1.82) is 0 Å². The molecule has 1 aliphatic carbocycles. The van der Waals surface area contributed by atoms with Crippen molar-refractivity contribution in [1.82, 2.24) is 4.98 Å². The van der Waals surface area contributed by atoms with Gasteiger partial charge in [0.25, 0.3) is 0 Å². The van der Waals surface area contributed by atoms with Gasteiger partial charge in [-0.15, -0.1) is 0 Å². The van der Waals surface area contributed by atoms with Gasteiger partial charge in [-0.2, -0.15) is 0 Å². The van der Waals surface area contributed by atoms with E-state index >= 15 is 0 Å². The normalized spacial score (nSPS) is 13.1. The molecule has 0 spiro atoms. The Kier molecular flexibility index (Phi) is 6.60. The summed E-state index contributed by atoms with van der Waals surface area (Å²) in [6.07, 6.45) is 0. The molecule has 0 amide bonds. The number of anilines is 3. The Morgan fingerprint density at radius 3 is 1.96 bits per heavy atom.